The van der Waals surface area contributed by atoms with Crippen LogP contribution < -0.4 is 5.32 Å². The highest BCUT2D eigenvalue weighted by Gasteiger charge is 2.14. The summed E-state index contributed by atoms with van der Waals surface area (Å²) in [5.41, 5.74) is 1.10. The lowest BCUT2D eigenvalue weighted by atomic mass is 10.1. The Hall–Kier alpha value is -3.94. The van der Waals surface area contributed by atoms with Gasteiger partial charge in [-0.3, -0.25) is 14.9 Å². The summed E-state index contributed by atoms with van der Waals surface area (Å²) >= 11 is 0. The Labute approximate surface area is 146 Å². The fourth-order valence-electron chi connectivity index (χ4n) is 2.25. The first-order chi connectivity index (χ1) is 12.4. The molecule has 0 saturated carbocycles. The maximum atomic E-state index is 12.2. The standard InChI is InChI=1S/C18H12N2O6/c21-17(19-13-5-1-12(2-6-13)18(22)23)16-10-9-15(26-16)11-3-7-14(8-4-11)20(24)25/h1-10H,(H,19,21)(H,22,23). The molecule has 0 saturated heterocycles. The van der Waals surface area contributed by atoms with E-state index in [1.165, 1.54) is 54.6 Å². The van der Waals surface area contributed by atoms with Gasteiger partial charge in [0.2, 0.25) is 0 Å². The summed E-state index contributed by atoms with van der Waals surface area (Å²) in [6, 6.07) is 14.5. The van der Waals surface area contributed by atoms with E-state index in [1.54, 1.807) is 6.07 Å². The van der Waals surface area contributed by atoms with E-state index in [2.05, 4.69) is 5.32 Å². The summed E-state index contributed by atoms with van der Waals surface area (Å²) in [5, 5.41) is 22.1. The average Bonchev–Trinajstić information content (AvgIpc) is 3.12. The van der Waals surface area contributed by atoms with Crippen LogP contribution in [0.4, 0.5) is 11.4 Å². The van der Waals surface area contributed by atoms with Gasteiger partial charge in [0.15, 0.2) is 5.76 Å². The summed E-state index contributed by atoms with van der Waals surface area (Å²) in [7, 11) is 0. The number of furan rings is 1. The minimum absolute atomic E-state index is 0.0388. The lowest BCUT2D eigenvalue weighted by Crippen LogP contribution is -2.11. The number of hydrogen-bond acceptors (Lipinski definition) is 5. The predicted molar refractivity (Wildman–Crippen MR) is 92.2 cm³/mol. The van der Waals surface area contributed by atoms with Crippen LogP contribution >= 0.6 is 0 Å². The molecule has 0 aliphatic rings. The van der Waals surface area contributed by atoms with Crippen LogP contribution in [0.1, 0.15) is 20.9 Å². The smallest absolute Gasteiger partial charge is 0.335 e. The number of nitrogens with zero attached hydrogens (tertiary/aromatic N) is 1. The molecular formula is C18H12N2O6. The molecule has 130 valence electrons. The van der Waals surface area contributed by atoms with E-state index in [1.807, 2.05) is 0 Å². The van der Waals surface area contributed by atoms with Crippen LogP contribution in [-0.2, 0) is 0 Å². The monoisotopic (exact) mass is 352 g/mol. The molecule has 2 N–H and O–H groups in total. The van der Waals surface area contributed by atoms with Crippen molar-refractivity contribution in [1.29, 1.82) is 0 Å². The molecule has 8 heteroatoms. The molecular weight excluding hydrogens is 340 g/mol. The second kappa shape index (κ2) is 6.89. The van der Waals surface area contributed by atoms with Crippen molar-refractivity contribution in [2.24, 2.45) is 0 Å². The van der Waals surface area contributed by atoms with Crippen LogP contribution in [-0.4, -0.2) is 21.9 Å². The van der Waals surface area contributed by atoms with Gasteiger partial charge in [-0.1, -0.05) is 0 Å². The molecule has 1 aromatic heterocycles. The van der Waals surface area contributed by atoms with Crippen LogP contribution in [0.25, 0.3) is 11.3 Å². The summed E-state index contributed by atoms with van der Waals surface area (Å²) in [4.78, 5) is 33.2. The number of carboxylic acid groups (broad SMARTS) is 1. The molecule has 0 atom stereocenters. The number of non-ortho nitro benzene ring substituents is 1. The van der Waals surface area contributed by atoms with Crippen LogP contribution in [0.15, 0.2) is 65.1 Å². The van der Waals surface area contributed by atoms with Crippen LogP contribution in [0.5, 0.6) is 0 Å². The van der Waals surface area contributed by atoms with Gasteiger partial charge in [0.05, 0.1) is 10.5 Å². The second-order valence-electron chi connectivity index (χ2n) is 5.30. The summed E-state index contributed by atoms with van der Waals surface area (Å²) < 4.78 is 5.49. The van der Waals surface area contributed by atoms with Gasteiger partial charge in [0, 0.05) is 23.4 Å². The molecule has 3 aromatic rings. The highest BCUT2D eigenvalue weighted by atomic mass is 16.6. The first-order valence-electron chi connectivity index (χ1n) is 7.43. The van der Waals surface area contributed by atoms with Gasteiger partial charge in [-0.15, -0.1) is 0 Å². The van der Waals surface area contributed by atoms with E-state index in [4.69, 9.17) is 9.52 Å². The van der Waals surface area contributed by atoms with Crippen LogP contribution in [0.2, 0.25) is 0 Å². The first kappa shape index (κ1) is 16.9. The molecule has 0 aliphatic heterocycles. The van der Waals surface area contributed by atoms with Crippen LogP contribution in [0.3, 0.4) is 0 Å². The number of amides is 1. The number of nitrogens with one attached hydrogen (secondary N) is 1. The zero-order valence-electron chi connectivity index (χ0n) is 13.2. The van der Waals surface area contributed by atoms with E-state index >= 15 is 0 Å². The Morgan fingerprint density at radius 2 is 1.62 bits per heavy atom. The van der Waals surface area contributed by atoms with E-state index in [0.717, 1.165) is 0 Å². The van der Waals surface area contributed by atoms with Gasteiger partial charge in [-0.05, 0) is 48.5 Å². The maximum absolute atomic E-state index is 12.2. The van der Waals surface area contributed by atoms with Crippen molar-refractivity contribution in [3.05, 3.63) is 82.1 Å². The van der Waals surface area contributed by atoms with E-state index in [0.29, 0.717) is 17.0 Å². The van der Waals surface area contributed by atoms with E-state index in [9.17, 15) is 19.7 Å². The molecule has 0 radical (unpaired) electrons. The fraction of sp³-hybridized carbons (Fsp3) is 0. The Kier molecular flexibility index (Phi) is 4.48. The lowest BCUT2D eigenvalue weighted by Gasteiger charge is -2.03. The van der Waals surface area contributed by atoms with Gasteiger partial charge in [-0.25, -0.2) is 4.79 Å². The number of anilines is 1. The Morgan fingerprint density at radius 1 is 0.962 bits per heavy atom. The Bertz CT molecular complexity index is 974. The summed E-state index contributed by atoms with van der Waals surface area (Å²) in [6.45, 7) is 0. The number of carbonyl (C=O) groups is 2. The number of hydrogen-bond donors (Lipinski definition) is 2. The molecule has 0 bridgehead atoms. The molecule has 0 unspecified atom stereocenters. The molecule has 0 fully saturated rings. The quantitative estimate of drug-likeness (QED) is 0.532. The number of nitro groups is 1. The second-order valence-corrected chi connectivity index (χ2v) is 5.30. The minimum Gasteiger partial charge on any atom is -0.478 e. The highest BCUT2D eigenvalue weighted by Crippen LogP contribution is 2.25. The third-order valence-electron chi connectivity index (χ3n) is 3.58. The topological polar surface area (TPSA) is 123 Å². The highest BCUT2D eigenvalue weighted by molar-refractivity contribution is 6.02. The van der Waals surface area contributed by atoms with Crippen molar-refractivity contribution < 1.29 is 24.0 Å². The zero-order valence-corrected chi connectivity index (χ0v) is 13.2. The van der Waals surface area contributed by atoms with Crippen molar-refractivity contribution in [2.75, 3.05) is 5.32 Å². The number of aromatic carboxylic acids is 1. The minimum atomic E-state index is -1.05. The zero-order chi connectivity index (χ0) is 18.7. The van der Waals surface area contributed by atoms with Gasteiger partial charge in [-0.2, -0.15) is 0 Å². The third-order valence-corrected chi connectivity index (χ3v) is 3.58. The van der Waals surface area contributed by atoms with E-state index < -0.39 is 16.8 Å². The molecule has 0 aliphatic carbocycles. The summed E-state index contributed by atoms with van der Waals surface area (Å²) in [5.74, 6) is -1.10. The number of rotatable bonds is 5. The molecule has 8 nitrogen and oxygen atoms in total. The normalized spacial score (nSPS) is 10.3. The van der Waals surface area contributed by atoms with Gasteiger partial charge in [0.25, 0.3) is 11.6 Å². The Balaban J connectivity index is 1.73. The molecule has 0 spiro atoms. The third kappa shape index (κ3) is 3.59. The number of carbonyl (C=O) groups excluding carboxylic acids is 1. The van der Waals surface area contributed by atoms with Gasteiger partial charge < -0.3 is 14.8 Å². The number of benzene rings is 2. The van der Waals surface area contributed by atoms with E-state index in [-0.39, 0.29) is 17.0 Å². The average molecular weight is 352 g/mol. The Morgan fingerprint density at radius 3 is 2.19 bits per heavy atom. The van der Waals surface area contributed by atoms with Gasteiger partial charge in [0.1, 0.15) is 5.76 Å². The molecule has 3 rings (SSSR count). The molecule has 2 aromatic carbocycles. The lowest BCUT2D eigenvalue weighted by molar-refractivity contribution is -0.384. The van der Waals surface area contributed by atoms with Crippen molar-refractivity contribution in [2.45, 2.75) is 0 Å². The van der Waals surface area contributed by atoms with Crippen LogP contribution in [0, 0.1) is 10.1 Å². The van der Waals surface area contributed by atoms with Crippen molar-refractivity contribution in [3.63, 3.8) is 0 Å². The van der Waals surface area contributed by atoms with Gasteiger partial charge >= 0.3 is 5.97 Å². The predicted octanol–water partition coefficient (Wildman–Crippen LogP) is 3.81. The maximum Gasteiger partial charge on any atom is 0.335 e. The molecule has 1 amide bonds. The number of carboxylic acids is 1. The van der Waals surface area contributed by atoms with Crippen molar-refractivity contribution in [1.82, 2.24) is 0 Å². The summed E-state index contributed by atoms with van der Waals surface area (Å²) in [6.07, 6.45) is 0. The largest absolute Gasteiger partial charge is 0.478 e. The molecule has 26 heavy (non-hydrogen) atoms. The van der Waals surface area contributed by atoms with Crippen molar-refractivity contribution in [3.8, 4) is 11.3 Å². The number of nitro benzene ring substituents is 1. The molecule has 1 heterocycles. The SMILES string of the molecule is O=C(O)c1ccc(NC(=O)c2ccc(-c3ccc([N+](=O)[O-])cc3)o2)cc1. The fourth-order valence-corrected chi connectivity index (χ4v) is 2.25. The van der Waals surface area contributed by atoms with Crippen molar-refractivity contribution >= 4 is 23.3 Å². The first-order valence-corrected chi connectivity index (χ1v) is 7.43.